The highest BCUT2D eigenvalue weighted by molar-refractivity contribution is 5.45. The number of fused-ring (bicyclic) bond motifs is 1. The van der Waals surface area contributed by atoms with Crippen LogP contribution in [0.3, 0.4) is 0 Å². The number of hydrogen-bond acceptors (Lipinski definition) is 1. The third-order valence-corrected chi connectivity index (χ3v) is 3.91. The van der Waals surface area contributed by atoms with Crippen molar-refractivity contribution in [2.24, 2.45) is 0 Å². The van der Waals surface area contributed by atoms with Gasteiger partial charge in [-0.25, -0.2) is 4.39 Å². The van der Waals surface area contributed by atoms with Crippen molar-refractivity contribution < 1.29 is 9.50 Å². The summed E-state index contributed by atoms with van der Waals surface area (Å²) in [7, 11) is 0. The molecule has 100 valence electrons. The zero-order valence-electron chi connectivity index (χ0n) is 11.3. The Morgan fingerprint density at radius 3 is 2.84 bits per heavy atom. The van der Waals surface area contributed by atoms with E-state index in [0.717, 1.165) is 41.8 Å². The van der Waals surface area contributed by atoms with Crippen LogP contribution in [-0.4, -0.2) is 9.67 Å². The van der Waals surface area contributed by atoms with Gasteiger partial charge in [-0.05, 0) is 56.9 Å². The molecule has 0 saturated carbocycles. The van der Waals surface area contributed by atoms with Gasteiger partial charge in [-0.2, -0.15) is 0 Å². The van der Waals surface area contributed by atoms with Crippen LogP contribution in [0.25, 0.3) is 5.69 Å². The van der Waals surface area contributed by atoms with E-state index >= 15 is 0 Å². The molecule has 0 aliphatic heterocycles. The standard InChI is InChI=1S/C16H18FNO/c1-10-6-7-13(17)15(8-10)18-11(2)9-12-14(18)4-3-5-16(12)19/h6-9,16,19H,3-5H2,1-2H3. The molecule has 1 aromatic carbocycles. The number of nitrogens with zero attached hydrogens (tertiary/aromatic N) is 1. The number of aromatic nitrogens is 1. The minimum atomic E-state index is -0.406. The lowest BCUT2D eigenvalue weighted by Gasteiger charge is -2.21. The highest BCUT2D eigenvalue weighted by Crippen LogP contribution is 2.34. The molecule has 1 aliphatic carbocycles. The quantitative estimate of drug-likeness (QED) is 0.831. The molecule has 0 fully saturated rings. The molecule has 1 atom stereocenters. The summed E-state index contributed by atoms with van der Waals surface area (Å²) in [5.74, 6) is -0.216. The second kappa shape index (κ2) is 4.49. The Morgan fingerprint density at radius 1 is 1.26 bits per heavy atom. The maximum Gasteiger partial charge on any atom is 0.147 e. The highest BCUT2D eigenvalue weighted by atomic mass is 19.1. The molecule has 1 aromatic heterocycles. The van der Waals surface area contributed by atoms with E-state index in [1.807, 2.05) is 30.5 Å². The van der Waals surface area contributed by atoms with Gasteiger partial charge in [-0.3, -0.25) is 0 Å². The molecule has 2 aromatic rings. The molecule has 0 saturated heterocycles. The van der Waals surface area contributed by atoms with Gasteiger partial charge in [-0.1, -0.05) is 6.07 Å². The lowest BCUT2D eigenvalue weighted by Crippen LogP contribution is -2.12. The maximum atomic E-state index is 14.1. The molecule has 0 amide bonds. The molecule has 1 unspecified atom stereocenters. The van der Waals surface area contributed by atoms with Crippen molar-refractivity contribution in [3.63, 3.8) is 0 Å². The average Bonchev–Trinajstić information content (AvgIpc) is 2.70. The Morgan fingerprint density at radius 2 is 2.05 bits per heavy atom. The lowest BCUT2D eigenvalue weighted by atomic mass is 9.95. The predicted octanol–water partition coefficient (Wildman–Crippen LogP) is 3.60. The van der Waals surface area contributed by atoms with E-state index < -0.39 is 6.10 Å². The molecule has 19 heavy (non-hydrogen) atoms. The Labute approximate surface area is 112 Å². The zero-order chi connectivity index (χ0) is 13.6. The van der Waals surface area contributed by atoms with Gasteiger partial charge < -0.3 is 9.67 Å². The van der Waals surface area contributed by atoms with E-state index in [1.54, 1.807) is 6.07 Å². The molecule has 0 radical (unpaired) electrons. The summed E-state index contributed by atoms with van der Waals surface area (Å²) in [6.45, 7) is 3.93. The monoisotopic (exact) mass is 259 g/mol. The summed E-state index contributed by atoms with van der Waals surface area (Å²) in [5, 5.41) is 10.1. The minimum absolute atomic E-state index is 0.216. The van der Waals surface area contributed by atoms with Crippen LogP contribution in [0.2, 0.25) is 0 Å². The van der Waals surface area contributed by atoms with Gasteiger partial charge in [0.25, 0.3) is 0 Å². The summed E-state index contributed by atoms with van der Waals surface area (Å²) in [6, 6.07) is 7.14. The van der Waals surface area contributed by atoms with Gasteiger partial charge in [-0.15, -0.1) is 0 Å². The van der Waals surface area contributed by atoms with E-state index in [9.17, 15) is 9.50 Å². The first-order chi connectivity index (χ1) is 9.08. The van der Waals surface area contributed by atoms with Crippen molar-refractivity contribution in [2.45, 2.75) is 39.2 Å². The zero-order valence-corrected chi connectivity index (χ0v) is 11.3. The fourth-order valence-electron chi connectivity index (χ4n) is 3.01. The lowest BCUT2D eigenvalue weighted by molar-refractivity contribution is 0.156. The third-order valence-electron chi connectivity index (χ3n) is 3.91. The third kappa shape index (κ3) is 1.98. The first-order valence-corrected chi connectivity index (χ1v) is 6.73. The molecule has 3 heteroatoms. The summed E-state index contributed by atoms with van der Waals surface area (Å²) >= 11 is 0. The van der Waals surface area contributed by atoms with E-state index in [-0.39, 0.29) is 5.82 Å². The van der Waals surface area contributed by atoms with Crippen LogP contribution < -0.4 is 0 Å². The normalized spacial score (nSPS) is 18.4. The molecule has 1 heterocycles. The van der Waals surface area contributed by atoms with Gasteiger partial charge in [0.1, 0.15) is 5.82 Å². The molecule has 1 N–H and O–H groups in total. The van der Waals surface area contributed by atoms with E-state index in [4.69, 9.17) is 0 Å². The number of aliphatic hydroxyl groups is 1. The van der Waals surface area contributed by atoms with Gasteiger partial charge >= 0.3 is 0 Å². The van der Waals surface area contributed by atoms with Gasteiger partial charge in [0.2, 0.25) is 0 Å². The van der Waals surface area contributed by atoms with Crippen LogP contribution in [0.1, 0.15) is 41.5 Å². The van der Waals surface area contributed by atoms with Crippen molar-refractivity contribution in [2.75, 3.05) is 0 Å². The molecular weight excluding hydrogens is 241 g/mol. The smallest absolute Gasteiger partial charge is 0.147 e. The molecule has 0 bridgehead atoms. The Balaban J connectivity index is 2.23. The topological polar surface area (TPSA) is 25.2 Å². The van der Waals surface area contributed by atoms with Crippen molar-refractivity contribution in [1.82, 2.24) is 4.57 Å². The van der Waals surface area contributed by atoms with Gasteiger partial charge in [0.05, 0.1) is 11.8 Å². The second-order valence-corrected chi connectivity index (χ2v) is 5.39. The minimum Gasteiger partial charge on any atom is -0.388 e. The Hall–Kier alpha value is -1.61. The van der Waals surface area contributed by atoms with Crippen LogP contribution in [0.15, 0.2) is 24.3 Å². The first kappa shape index (κ1) is 12.4. The fourth-order valence-corrected chi connectivity index (χ4v) is 3.01. The largest absolute Gasteiger partial charge is 0.388 e. The van der Waals surface area contributed by atoms with Crippen molar-refractivity contribution >= 4 is 0 Å². The Bertz CT molecular complexity index is 630. The van der Waals surface area contributed by atoms with Crippen molar-refractivity contribution in [3.8, 4) is 5.69 Å². The molecular formula is C16H18FNO. The number of rotatable bonds is 1. The van der Waals surface area contributed by atoms with E-state index in [2.05, 4.69) is 0 Å². The van der Waals surface area contributed by atoms with Crippen molar-refractivity contribution in [3.05, 3.63) is 52.6 Å². The number of hydrogen-bond donors (Lipinski definition) is 1. The molecule has 3 rings (SSSR count). The van der Waals surface area contributed by atoms with Crippen LogP contribution in [0.5, 0.6) is 0 Å². The average molecular weight is 259 g/mol. The second-order valence-electron chi connectivity index (χ2n) is 5.39. The summed E-state index contributed by atoms with van der Waals surface area (Å²) in [4.78, 5) is 0. The van der Waals surface area contributed by atoms with Crippen molar-refractivity contribution in [1.29, 1.82) is 0 Å². The van der Waals surface area contributed by atoms with Gasteiger partial charge in [0.15, 0.2) is 0 Å². The van der Waals surface area contributed by atoms with E-state index in [1.165, 1.54) is 6.07 Å². The number of aryl methyl sites for hydroxylation is 2. The highest BCUT2D eigenvalue weighted by Gasteiger charge is 2.24. The summed E-state index contributed by atoms with van der Waals surface area (Å²) in [5.41, 5.74) is 4.63. The Kier molecular flexibility index (Phi) is 2.94. The van der Waals surface area contributed by atoms with Crippen LogP contribution in [0, 0.1) is 19.7 Å². The number of halogens is 1. The fraction of sp³-hybridized carbons (Fsp3) is 0.375. The summed E-state index contributed by atoms with van der Waals surface area (Å²) in [6.07, 6.45) is 2.24. The summed E-state index contributed by atoms with van der Waals surface area (Å²) < 4.78 is 16.1. The SMILES string of the molecule is Cc1ccc(F)c(-n2c(C)cc3c2CCCC3O)c1. The molecule has 1 aliphatic rings. The molecule has 0 spiro atoms. The number of aliphatic hydroxyl groups excluding tert-OH is 1. The number of benzene rings is 1. The molecule has 2 nitrogen and oxygen atoms in total. The van der Waals surface area contributed by atoms with E-state index in [0.29, 0.717) is 5.69 Å². The van der Waals surface area contributed by atoms with Crippen LogP contribution >= 0.6 is 0 Å². The van der Waals surface area contributed by atoms with Gasteiger partial charge in [0, 0.05) is 17.0 Å². The van der Waals surface area contributed by atoms with Crippen LogP contribution in [0.4, 0.5) is 4.39 Å². The predicted molar refractivity (Wildman–Crippen MR) is 73.1 cm³/mol. The maximum absolute atomic E-state index is 14.1. The van der Waals surface area contributed by atoms with Crippen LogP contribution in [-0.2, 0) is 6.42 Å². The first-order valence-electron chi connectivity index (χ1n) is 6.73.